The van der Waals surface area contributed by atoms with Crippen molar-refractivity contribution >= 4 is 76.1 Å². The molecule has 0 aliphatic rings. The minimum absolute atomic E-state index is 0.159. The number of aromatic nitrogens is 2. The SMILES string of the molecule is CCc1ncc(S(=O)(=O)Nc2c(Cl)cc(Br)c3scnc23)s1. The molecule has 0 radical (unpaired) electrons. The first-order valence-corrected chi connectivity index (χ1v) is 10.5. The van der Waals surface area contributed by atoms with Gasteiger partial charge in [0, 0.05) is 4.47 Å². The fourth-order valence-electron chi connectivity index (χ4n) is 1.82. The first-order valence-electron chi connectivity index (χ1n) is 6.11. The minimum atomic E-state index is -3.74. The predicted octanol–water partition coefficient (Wildman–Crippen LogP) is 4.53. The molecule has 5 nitrogen and oxygen atoms in total. The highest BCUT2D eigenvalue weighted by Crippen LogP contribution is 2.39. The van der Waals surface area contributed by atoms with E-state index < -0.39 is 10.0 Å². The number of fused-ring (bicyclic) bond motifs is 1. The van der Waals surface area contributed by atoms with Crippen molar-refractivity contribution in [2.24, 2.45) is 0 Å². The molecule has 0 amide bonds. The van der Waals surface area contributed by atoms with E-state index in [4.69, 9.17) is 11.6 Å². The van der Waals surface area contributed by atoms with Gasteiger partial charge in [0.2, 0.25) is 0 Å². The Labute approximate surface area is 148 Å². The molecule has 3 aromatic rings. The topological polar surface area (TPSA) is 72.0 Å². The average Bonchev–Trinajstić information content (AvgIpc) is 3.12. The molecular formula is C12H9BrClN3O2S3. The van der Waals surface area contributed by atoms with Crippen molar-refractivity contribution in [1.29, 1.82) is 0 Å². The maximum Gasteiger partial charge on any atom is 0.273 e. The first kappa shape index (κ1) is 16.1. The second-order valence-electron chi connectivity index (χ2n) is 4.28. The number of halogens is 2. The van der Waals surface area contributed by atoms with Gasteiger partial charge in [-0.2, -0.15) is 0 Å². The normalized spacial score (nSPS) is 12.0. The lowest BCUT2D eigenvalue weighted by atomic mass is 10.3. The molecule has 116 valence electrons. The van der Waals surface area contributed by atoms with Crippen molar-refractivity contribution in [2.45, 2.75) is 17.6 Å². The van der Waals surface area contributed by atoms with Crippen LogP contribution in [0.1, 0.15) is 11.9 Å². The number of thiazole rings is 2. The summed E-state index contributed by atoms with van der Waals surface area (Å²) in [5.74, 6) is 0. The van der Waals surface area contributed by atoms with Crippen molar-refractivity contribution in [3.8, 4) is 0 Å². The van der Waals surface area contributed by atoms with Crippen LogP contribution in [-0.2, 0) is 16.4 Å². The summed E-state index contributed by atoms with van der Waals surface area (Å²) in [6.45, 7) is 1.92. The molecule has 3 rings (SSSR count). The van der Waals surface area contributed by atoms with Gasteiger partial charge in [-0.3, -0.25) is 4.72 Å². The zero-order chi connectivity index (χ0) is 15.9. The summed E-state index contributed by atoms with van der Waals surface area (Å²) in [4.78, 5) is 8.28. The van der Waals surface area contributed by atoms with Crippen LogP contribution in [0.3, 0.4) is 0 Å². The molecule has 0 fully saturated rings. The number of anilines is 1. The van der Waals surface area contributed by atoms with E-state index in [0.29, 0.717) is 11.9 Å². The minimum Gasteiger partial charge on any atom is -0.275 e. The Morgan fingerprint density at radius 3 is 2.86 bits per heavy atom. The molecule has 1 N–H and O–H groups in total. The molecule has 2 aromatic heterocycles. The number of nitrogens with zero attached hydrogens (tertiary/aromatic N) is 2. The van der Waals surface area contributed by atoms with Crippen LogP contribution in [0, 0.1) is 0 Å². The molecule has 1 aromatic carbocycles. The Balaban J connectivity index is 2.07. The van der Waals surface area contributed by atoms with E-state index in [1.54, 1.807) is 11.6 Å². The molecule has 0 spiro atoms. The largest absolute Gasteiger partial charge is 0.275 e. The lowest BCUT2D eigenvalue weighted by Gasteiger charge is -2.09. The van der Waals surface area contributed by atoms with E-state index in [-0.39, 0.29) is 14.9 Å². The van der Waals surface area contributed by atoms with E-state index in [2.05, 4.69) is 30.6 Å². The number of aryl methyl sites for hydroxylation is 1. The van der Waals surface area contributed by atoms with Crippen LogP contribution in [0.4, 0.5) is 5.69 Å². The fraction of sp³-hybridized carbons (Fsp3) is 0.167. The second-order valence-corrected chi connectivity index (χ2v) is 9.42. The number of sulfonamides is 1. The quantitative estimate of drug-likeness (QED) is 0.649. The monoisotopic (exact) mass is 437 g/mol. The Hall–Kier alpha value is -0.740. The summed E-state index contributed by atoms with van der Waals surface area (Å²) < 4.78 is 29.3. The van der Waals surface area contributed by atoms with Crippen LogP contribution >= 0.6 is 50.2 Å². The molecule has 0 aliphatic heterocycles. The van der Waals surface area contributed by atoms with Crippen molar-refractivity contribution in [1.82, 2.24) is 9.97 Å². The van der Waals surface area contributed by atoms with Gasteiger partial charge in [0.25, 0.3) is 10.0 Å². The van der Waals surface area contributed by atoms with Crippen LogP contribution in [0.25, 0.3) is 10.2 Å². The summed E-state index contributed by atoms with van der Waals surface area (Å²) in [6, 6.07) is 1.66. The average molecular weight is 439 g/mol. The highest BCUT2D eigenvalue weighted by atomic mass is 79.9. The Bertz CT molecular complexity index is 952. The molecule has 0 aliphatic carbocycles. The lowest BCUT2D eigenvalue weighted by molar-refractivity contribution is 0.603. The van der Waals surface area contributed by atoms with Gasteiger partial charge in [0.1, 0.15) is 5.52 Å². The lowest BCUT2D eigenvalue weighted by Crippen LogP contribution is -2.12. The molecular weight excluding hydrogens is 430 g/mol. The summed E-state index contributed by atoms with van der Waals surface area (Å²) in [5, 5.41) is 1.05. The molecule has 10 heteroatoms. The van der Waals surface area contributed by atoms with Crippen molar-refractivity contribution in [2.75, 3.05) is 4.72 Å². The smallest absolute Gasteiger partial charge is 0.273 e. The predicted molar refractivity (Wildman–Crippen MR) is 94.6 cm³/mol. The summed E-state index contributed by atoms with van der Waals surface area (Å²) in [7, 11) is -3.74. The highest BCUT2D eigenvalue weighted by molar-refractivity contribution is 9.10. The van der Waals surface area contributed by atoms with Crippen LogP contribution in [0.15, 0.2) is 26.5 Å². The summed E-state index contributed by atoms with van der Waals surface area (Å²) in [6.07, 6.45) is 2.05. The van der Waals surface area contributed by atoms with E-state index in [0.717, 1.165) is 25.5 Å². The number of hydrogen-bond acceptors (Lipinski definition) is 6. The zero-order valence-electron chi connectivity index (χ0n) is 11.1. The van der Waals surface area contributed by atoms with Gasteiger partial charge in [-0.05, 0) is 28.4 Å². The molecule has 0 bridgehead atoms. The van der Waals surface area contributed by atoms with Crippen LogP contribution in [0.5, 0.6) is 0 Å². The Morgan fingerprint density at radius 1 is 1.41 bits per heavy atom. The molecule has 0 atom stereocenters. The summed E-state index contributed by atoms with van der Waals surface area (Å²) in [5.41, 5.74) is 2.45. The number of rotatable bonds is 4. The van der Waals surface area contributed by atoms with Gasteiger partial charge in [0.15, 0.2) is 4.21 Å². The third-order valence-corrected chi connectivity index (χ3v) is 7.85. The number of nitrogens with one attached hydrogen (secondary N) is 1. The molecule has 2 heterocycles. The Morgan fingerprint density at radius 2 is 2.18 bits per heavy atom. The highest BCUT2D eigenvalue weighted by Gasteiger charge is 2.22. The van der Waals surface area contributed by atoms with Crippen LogP contribution in [-0.4, -0.2) is 18.4 Å². The molecule has 0 unspecified atom stereocenters. The van der Waals surface area contributed by atoms with Gasteiger partial charge in [-0.1, -0.05) is 18.5 Å². The third kappa shape index (κ3) is 2.88. The summed E-state index contributed by atoms with van der Waals surface area (Å²) >= 11 is 12.1. The van der Waals surface area contributed by atoms with Crippen molar-refractivity contribution in [3.63, 3.8) is 0 Å². The van der Waals surface area contributed by atoms with E-state index >= 15 is 0 Å². The van der Waals surface area contributed by atoms with E-state index in [1.807, 2.05) is 6.92 Å². The fourth-order valence-corrected chi connectivity index (χ4v) is 5.86. The standard InChI is InChI=1S/C12H9BrClN3O2S3/c1-2-8-15-4-9(21-8)22(18,19)17-10-7(14)3-6(13)12-11(10)16-5-20-12/h3-5,17H,2H2,1H3. The number of hydrogen-bond donors (Lipinski definition) is 1. The van der Waals surface area contributed by atoms with Gasteiger partial charge in [0.05, 0.1) is 32.1 Å². The molecule has 0 saturated carbocycles. The van der Waals surface area contributed by atoms with E-state index in [9.17, 15) is 8.42 Å². The third-order valence-electron chi connectivity index (χ3n) is 2.85. The van der Waals surface area contributed by atoms with Crippen molar-refractivity contribution in [3.05, 3.63) is 32.3 Å². The van der Waals surface area contributed by atoms with Gasteiger partial charge < -0.3 is 0 Å². The van der Waals surface area contributed by atoms with Gasteiger partial charge >= 0.3 is 0 Å². The van der Waals surface area contributed by atoms with E-state index in [1.165, 1.54) is 17.5 Å². The maximum absolute atomic E-state index is 12.5. The van der Waals surface area contributed by atoms with Crippen LogP contribution in [0.2, 0.25) is 5.02 Å². The first-order chi connectivity index (χ1) is 10.4. The zero-order valence-corrected chi connectivity index (χ0v) is 15.9. The molecule has 22 heavy (non-hydrogen) atoms. The van der Waals surface area contributed by atoms with Crippen molar-refractivity contribution < 1.29 is 8.42 Å². The van der Waals surface area contributed by atoms with Gasteiger partial charge in [-0.25, -0.2) is 18.4 Å². The molecule has 0 saturated heterocycles. The maximum atomic E-state index is 12.5. The van der Waals surface area contributed by atoms with Gasteiger partial charge in [-0.15, -0.1) is 22.7 Å². The second kappa shape index (κ2) is 6.04. The van der Waals surface area contributed by atoms with Crippen LogP contribution < -0.4 is 4.72 Å². The number of benzene rings is 1. The Kier molecular flexibility index (Phi) is 4.43.